The molecule has 3 nitrogen and oxygen atoms in total. The lowest BCUT2D eigenvalue weighted by molar-refractivity contribution is 0.670. The quantitative estimate of drug-likeness (QED) is 0.142. The van der Waals surface area contributed by atoms with Gasteiger partial charge in [0.15, 0.2) is 0 Å². The fourth-order valence-corrected chi connectivity index (χ4v) is 11.0. The van der Waals surface area contributed by atoms with Crippen molar-refractivity contribution in [1.29, 1.82) is 0 Å². The monoisotopic (exact) mass is 904 g/mol. The van der Waals surface area contributed by atoms with E-state index in [4.69, 9.17) is 4.42 Å². The Morgan fingerprint density at radius 3 is 1.37 bits per heavy atom. The number of aromatic nitrogens is 1. The van der Waals surface area contributed by atoms with E-state index in [0.29, 0.717) is 0 Å². The second kappa shape index (κ2) is 16.7. The van der Waals surface area contributed by atoms with Gasteiger partial charge < -0.3 is 13.9 Å². The second-order valence-electron chi connectivity index (χ2n) is 18.4. The minimum Gasteiger partial charge on any atom is -0.455 e. The molecule has 3 heteroatoms. The van der Waals surface area contributed by atoms with Crippen molar-refractivity contribution in [1.82, 2.24) is 4.57 Å². The Kier molecular flexibility index (Phi) is 9.53. The van der Waals surface area contributed by atoms with Crippen LogP contribution >= 0.6 is 0 Å². The van der Waals surface area contributed by atoms with Crippen LogP contribution in [0.3, 0.4) is 0 Å². The Morgan fingerprint density at radius 2 is 0.732 bits per heavy atom. The minimum atomic E-state index is 0.910. The molecule has 0 bridgehead atoms. The number of rotatable bonds is 8. The van der Waals surface area contributed by atoms with Crippen LogP contribution < -0.4 is 4.90 Å². The zero-order valence-electron chi connectivity index (χ0n) is 38.7. The fourth-order valence-electron chi connectivity index (χ4n) is 11.0. The van der Waals surface area contributed by atoms with Crippen LogP contribution in [0.5, 0.6) is 0 Å². The average molecular weight is 905 g/mol. The molecule has 71 heavy (non-hydrogen) atoms. The molecule has 0 fully saturated rings. The van der Waals surface area contributed by atoms with E-state index in [0.717, 1.165) is 66.8 Å². The smallest absolute Gasteiger partial charge is 0.143 e. The van der Waals surface area contributed by atoms with Gasteiger partial charge >= 0.3 is 0 Å². The maximum Gasteiger partial charge on any atom is 0.143 e. The van der Waals surface area contributed by atoms with Gasteiger partial charge in [-0.25, -0.2) is 0 Å². The first-order valence-corrected chi connectivity index (χ1v) is 24.3. The largest absolute Gasteiger partial charge is 0.455 e. The normalized spacial score (nSPS) is 11.7. The van der Waals surface area contributed by atoms with Crippen molar-refractivity contribution < 1.29 is 4.42 Å². The third-order valence-corrected chi connectivity index (χ3v) is 14.4. The molecular weight excluding hydrogens is 861 g/mol. The molecule has 14 rings (SSSR count). The number of benzene rings is 12. The van der Waals surface area contributed by atoms with E-state index in [1.807, 2.05) is 12.1 Å². The Labute approximate surface area is 411 Å². The maximum atomic E-state index is 6.39. The van der Waals surface area contributed by atoms with Crippen LogP contribution in [0, 0.1) is 0 Å². The Bertz CT molecular complexity index is 4260. The highest BCUT2D eigenvalue weighted by Crippen LogP contribution is 2.44. The van der Waals surface area contributed by atoms with Gasteiger partial charge in [0.1, 0.15) is 11.2 Å². The molecule has 332 valence electrons. The van der Waals surface area contributed by atoms with Crippen molar-refractivity contribution in [3.63, 3.8) is 0 Å². The van der Waals surface area contributed by atoms with Crippen molar-refractivity contribution in [2.75, 3.05) is 4.90 Å². The predicted octanol–water partition coefficient (Wildman–Crippen LogP) is 19.1. The SMILES string of the molecule is c1ccc(-n2c3ccccc3c3ccccc32)c(-c2ccc(-c3ccc(N(c4ccc(-c5ccc(-c6cccc7c6oc6ccccc67)cc5)cc4)c4cc5ccccc5c5ccccc45)cc3)cc2)c1. The molecule has 14 aromatic rings. The average Bonchev–Trinajstić information content (AvgIpc) is 4.00. The molecular formula is C68H44N2O. The summed E-state index contributed by atoms with van der Waals surface area (Å²) < 4.78 is 8.80. The summed E-state index contributed by atoms with van der Waals surface area (Å²) in [6, 6.07) is 96.6. The number of hydrogen-bond donors (Lipinski definition) is 0. The zero-order valence-corrected chi connectivity index (χ0v) is 38.7. The van der Waals surface area contributed by atoms with E-state index in [1.54, 1.807) is 0 Å². The number of hydrogen-bond acceptors (Lipinski definition) is 2. The van der Waals surface area contributed by atoms with Crippen LogP contribution in [0.1, 0.15) is 0 Å². The van der Waals surface area contributed by atoms with Crippen LogP contribution in [-0.2, 0) is 0 Å². The van der Waals surface area contributed by atoms with Gasteiger partial charge in [-0.1, -0.05) is 212 Å². The van der Waals surface area contributed by atoms with Crippen molar-refractivity contribution in [2.24, 2.45) is 0 Å². The Morgan fingerprint density at radius 1 is 0.296 bits per heavy atom. The van der Waals surface area contributed by atoms with Crippen LogP contribution in [0.2, 0.25) is 0 Å². The first-order valence-electron chi connectivity index (χ1n) is 24.3. The summed E-state index contributed by atoms with van der Waals surface area (Å²) in [7, 11) is 0. The highest BCUT2D eigenvalue weighted by Gasteiger charge is 2.20. The third kappa shape index (κ3) is 6.82. The van der Waals surface area contributed by atoms with Crippen molar-refractivity contribution >= 4 is 82.4 Å². The lowest BCUT2D eigenvalue weighted by atomic mass is 9.97. The van der Waals surface area contributed by atoms with E-state index in [1.165, 1.54) is 65.7 Å². The molecule has 12 aromatic carbocycles. The van der Waals surface area contributed by atoms with E-state index >= 15 is 0 Å². The summed E-state index contributed by atoms with van der Waals surface area (Å²) in [5.74, 6) is 0. The van der Waals surface area contributed by atoms with Gasteiger partial charge in [-0.05, 0) is 104 Å². The van der Waals surface area contributed by atoms with Crippen LogP contribution in [0.15, 0.2) is 271 Å². The first-order chi connectivity index (χ1) is 35.2. The minimum absolute atomic E-state index is 0.910. The maximum absolute atomic E-state index is 6.39. The van der Waals surface area contributed by atoms with E-state index < -0.39 is 0 Å². The molecule has 0 atom stereocenters. The topological polar surface area (TPSA) is 21.3 Å². The van der Waals surface area contributed by atoms with Gasteiger partial charge in [-0.3, -0.25) is 0 Å². The van der Waals surface area contributed by atoms with Crippen molar-refractivity contribution in [3.05, 3.63) is 267 Å². The molecule has 0 aliphatic rings. The molecule has 0 saturated heterocycles. The Hall–Kier alpha value is -9.44. The van der Waals surface area contributed by atoms with E-state index in [9.17, 15) is 0 Å². The lowest BCUT2D eigenvalue weighted by Gasteiger charge is -2.28. The highest BCUT2D eigenvalue weighted by atomic mass is 16.3. The van der Waals surface area contributed by atoms with E-state index in [-0.39, 0.29) is 0 Å². The summed E-state index contributed by atoms with van der Waals surface area (Å²) in [6.07, 6.45) is 0. The lowest BCUT2D eigenvalue weighted by Crippen LogP contribution is -2.10. The predicted molar refractivity (Wildman–Crippen MR) is 299 cm³/mol. The van der Waals surface area contributed by atoms with Crippen LogP contribution in [0.4, 0.5) is 17.1 Å². The zero-order chi connectivity index (χ0) is 46.8. The molecule has 0 aliphatic heterocycles. The summed E-state index contributed by atoms with van der Waals surface area (Å²) >= 11 is 0. The number of anilines is 3. The van der Waals surface area contributed by atoms with Gasteiger partial charge in [0.25, 0.3) is 0 Å². The molecule has 0 saturated carbocycles. The van der Waals surface area contributed by atoms with Crippen LogP contribution in [0.25, 0.3) is 115 Å². The summed E-state index contributed by atoms with van der Waals surface area (Å²) in [6.45, 7) is 0. The first kappa shape index (κ1) is 40.6. The molecule has 0 aliphatic carbocycles. The van der Waals surface area contributed by atoms with Gasteiger partial charge in [0, 0.05) is 49.4 Å². The fraction of sp³-hybridized carbons (Fsp3) is 0. The molecule has 2 aromatic heterocycles. The highest BCUT2D eigenvalue weighted by molar-refractivity contribution is 6.15. The molecule has 2 heterocycles. The molecule has 0 radical (unpaired) electrons. The summed E-state index contributed by atoms with van der Waals surface area (Å²) in [4.78, 5) is 2.41. The van der Waals surface area contributed by atoms with Crippen molar-refractivity contribution in [3.8, 4) is 50.2 Å². The van der Waals surface area contributed by atoms with Gasteiger partial charge in [0.2, 0.25) is 0 Å². The number of nitrogens with zero attached hydrogens (tertiary/aromatic N) is 2. The summed E-state index contributed by atoms with van der Waals surface area (Å²) in [5, 5.41) is 9.69. The second-order valence-corrected chi connectivity index (χ2v) is 18.4. The molecule has 0 spiro atoms. The number of para-hydroxylation sites is 5. The van der Waals surface area contributed by atoms with Gasteiger partial charge in [-0.15, -0.1) is 0 Å². The standard InChI is InChI=1S/C68H44N2O/c1-2-15-54-51(14-1)44-66(58-18-4-3-17-57(54)58)69(53-42-38-48(39-43-53)46-30-34-50(35-31-46)56-22-13-23-62-61-21-8-12-27-67(61)71-68(56)62)52-40-36-47(37-41-52)45-28-32-49(33-29-45)55-16-5-9-24-63(55)70-64-25-10-6-19-59(64)60-20-7-11-26-65(60)70/h1-44H. The van der Waals surface area contributed by atoms with E-state index in [2.05, 4.69) is 264 Å². The summed E-state index contributed by atoms with van der Waals surface area (Å²) in [5.41, 5.74) is 18.0. The van der Waals surface area contributed by atoms with Gasteiger partial charge in [0.05, 0.1) is 22.4 Å². The molecule has 0 N–H and O–H groups in total. The number of fused-ring (bicyclic) bond motifs is 9. The van der Waals surface area contributed by atoms with Gasteiger partial charge in [-0.2, -0.15) is 0 Å². The van der Waals surface area contributed by atoms with Crippen LogP contribution in [-0.4, -0.2) is 4.57 Å². The number of furan rings is 1. The molecule has 0 amide bonds. The third-order valence-electron chi connectivity index (χ3n) is 14.4. The van der Waals surface area contributed by atoms with Crippen molar-refractivity contribution in [2.45, 2.75) is 0 Å². The Balaban J connectivity index is 0.810. The molecule has 0 unspecified atom stereocenters.